The molecule has 0 saturated heterocycles. The van der Waals surface area contributed by atoms with E-state index in [1.54, 1.807) is 0 Å². The Kier molecular flexibility index (Phi) is 3.12. The zero-order chi connectivity index (χ0) is 11.8. The number of carbonyl (C=O) groups is 1. The van der Waals surface area contributed by atoms with Gasteiger partial charge in [0.15, 0.2) is 0 Å². The fourth-order valence-corrected chi connectivity index (χ4v) is 4.06. The molecule has 3 rings (SSSR count). The van der Waals surface area contributed by atoms with Gasteiger partial charge in [-0.3, -0.25) is 4.79 Å². The first-order valence-corrected chi connectivity index (χ1v) is 7.15. The molecule has 0 aromatic carbocycles. The average Bonchev–Trinajstić information content (AvgIpc) is 2.84. The molecular formula is C14H23NO2. The highest BCUT2D eigenvalue weighted by atomic mass is 16.3. The van der Waals surface area contributed by atoms with E-state index in [1.807, 2.05) is 0 Å². The number of nitrogens with one attached hydrogen (secondary N) is 1. The Hall–Kier alpha value is -0.570. The summed E-state index contributed by atoms with van der Waals surface area (Å²) in [6, 6.07) is 0. The third-order valence-corrected chi connectivity index (χ3v) is 5.13. The summed E-state index contributed by atoms with van der Waals surface area (Å²) < 4.78 is 0. The van der Waals surface area contributed by atoms with Gasteiger partial charge in [-0.25, -0.2) is 0 Å². The van der Waals surface area contributed by atoms with Crippen LogP contribution in [0.2, 0.25) is 0 Å². The van der Waals surface area contributed by atoms with Gasteiger partial charge in [0, 0.05) is 13.0 Å². The molecule has 3 saturated carbocycles. The van der Waals surface area contributed by atoms with Crippen LogP contribution in [-0.2, 0) is 4.79 Å². The van der Waals surface area contributed by atoms with Crippen LogP contribution in [0.3, 0.4) is 0 Å². The Morgan fingerprint density at radius 3 is 2.59 bits per heavy atom. The van der Waals surface area contributed by atoms with Crippen molar-refractivity contribution in [3.8, 4) is 0 Å². The second kappa shape index (κ2) is 4.60. The molecule has 0 aliphatic heterocycles. The van der Waals surface area contributed by atoms with Gasteiger partial charge in [-0.1, -0.05) is 6.42 Å². The van der Waals surface area contributed by atoms with Crippen molar-refractivity contribution < 1.29 is 9.90 Å². The molecule has 96 valence electrons. The van der Waals surface area contributed by atoms with Gasteiger partial charge in [0.05, 0.1) is 6.10 Å². The molecular weight excluding hydrogens is 214 g/mol. The Balaban J connectivity index is 1.36. The van der Waals surface area contributed by atoms with E-state index < -0.39 is 0 Å². The Bertz CT molecular complexity index is 299. The normalized spacial score (nSPS) is 43.5. The number of amides is 1. The van der Waals surface area contributed by atoms with Gasteiger partial charge in [-0.15, -0.1) is 0 Å². The number of aliphatic hydroxyl groups excluding tert-OH is 1. The molecule has 3 fully saturated rings. The van der Waals surface area contributed by atoms with Crippen molar-refractivity contribution in [1.82, 2.24) is 5.32 Å². The van der Waals surface area contributed by atoms with Gasteiger partial charge in [-0.05, 0) is 55.8 Å². The van der Waals surface area contributed by atoms with Crippen molar-refractivity contribution in [3.05, 3.63) is 0 Å². The van der Waals surface area contributed by atoms with Gasteiger partial charge in [0.1, 0.15) is 0 Å². The topological polar surface area (TPSA) is 49.3 Å². The predicted molar refractivity (Wildman–Crippen MR) is 65.3 cm³/mol. The van der Waals surface area contributed by atoms with Crippen LogP contribution < -0.4 is 5.32 Å². The van der Waals surface area contributed by atoms with Crippen LogP contribution in [0.1, 0.15) is 44.9 Å². The molecule has 1 amide bonds. The maximum absolute atomic E-state index is 11.8. The van der Waals surface area contributed by atoms with Crippen LogP contribution in [0.15, 0.2) is 0 Å². The SMILES string of the molecule is O=C(CC1CC2CCC1C2)NCC1CC(O)C1. The van der Waals surface area contributed by atoms with Crippen molar-refractivity contribution in [2.45, 2.75) is 51.0 Å². The standard InChI is InChI=1S/C14H23NO2/c16-13-5-10(6-13)8-15-14(17)7-12-4-9-1-2-11(12)3-9/h9-13,16H,1-8H2,(H,15,17). The average molecular weight is 237 g/mol. The molecule has 3 aliphatic carbocycles. The zero-order valence-electron chi connectivity index (χ0n) is 10.4. The number of hydrogen-bond donors (Lipinski definition) is 2. The summed E-state index contributed by atoms with van der Waals surface area (Å²) in [5.74, 6) is 3.20. The molecule has 0 aromatic rings. The predicted octanol–water partition coefficient (Wildman–Crippen LogP) is 1.70. The third kappa shape index (κ3) is 2.49. The number of rotatable bonds is 4. The molecule has 2 bridgehead atoms. The minimum absolute atomic E-state index is 0.109. The molecule has 3 unspecified atom stereocenters. The van der Waals surface area contributed by atoms with Crippen molar-refractivity contribution in [1.29, 1.82) is 0 Å². The molecule has 0 radical (unpaired) electrons. The Morgan fingerprint density at radius 1 is 1.18 bits per heavy atom. The van der Waals surface area contributed by atoms with Crippen LogP contribution in [0.4, 0.5) is 0 Å². The summed E-state index contributed by atoms with van der Waals surface area (Å²) >= 11 is 0. The monoisotopic (exact) mass is 237 g/mol. The van der Waals surface area contributed by atoms with E-state index in [4.69, 9.17) is 0 Å². The molecule has 3 nitrogen and oxygen atoms in total. The minimum atomic E-state index is -0.109. The molecule has 3 atom stereocenters. The first-order chi connectivity index (χ1) is 8.20. The maximum Gasteiger partial charge on any atom is 0.220 e. The Labute approximate surface area is 103 Å². The molecule has 3 aliphatic rings. The second-order valence-corrected chi connectivity index (χ2v) is 6.43. The van der Waals surface area contributed by atoms with E-state index in [0.29, 0.717) is 11.8 Å². The number of fused-ring (bicyclic) bond motifs is 2. The van der Waals surface area contributed by atoms with E-state index >= 15 is 0 Å². The summed E-state index contributed by atoms with van der Waals surface area (Å²) in [7, 11) is 0. The highest BCUT2D eigenvalue weighted by molar-refractivity contribution is 5.76. The second-order valence-electron chi connectivity index (χ2n) is 6.43. The van der Waals surface area contributed by atoms with Crippen LogP contribution in [0, 0.1) is 23.7 Å². The van der Waals surface area contributed by atoms with Crippen molar-refractivity contribution in [2.24, 2.45) is 23.7 Å². The third-order valence-electron chi connectivity index (χ3n) is 5.13. The largest absolute Gasteiger partial charge is 0.393 e. The molecule has 3 heteroatoms. The van der Waals surface area contributed by atoms with Gasteiger partial charge < -0.3 is 10.4 Å². The van der Waals surface area contributed by atoms with Crippen molar-refractivity contribution in [2.75, 3.05) is 6.54 Å². The van der Waals surface area contributed by atoms with Crippen LogP contribution in [0.5, 0.6) is 0 Å². The van der Waals surface area contributed by atoms with Crippen molar-refractivity contribution in [3.63, 3.8) is 0 Å². The van der Waals surface area contributed by atoms with E-state index in [1.165, 1.54) is 25.7 Å². The van der Waals surface area contributed by atoms with E-state index in [0.717, 1.165) is 37.6 Å². The summed E-state index contributed by atoms with van der Waals surface area (Å²) in [5, 5.41) is 12.2. The first kappa shape index (κ1) is 11.5. The lowest BCUT2D eigenvalue weighted by Crippen LogP contribution is -2.39. The number of hydrogen-bond acceptors (Lipinski definition) is 2. The summed E-state index contributed by atoms with van der Waals surface area (Å²) in [6.07, 6.45) is 7.81. The molecule has 17 heavy (non-hydrogen) atoms. The lowest BCUT2D eigenvalue weighted by atomic mass is 9.82. The molecule has 0 spiro atoms. The number of carbonyl (C=O) groups excluding carboxylic acids is 1. The lowest BCUT2D eigenvalue weighted by molar-refractivity contribution is -0.123. The summed E-state index contributed by atoms with van der Waals surface area (Å²) in [5.41, 5.74) is 0. The van der Waals surface area contributed by atoms with E-state index in [2.05, 4.69) is 5.32 Å². The molecule has 0 aromatic heterocycles. The fourth-order valence-electron chi connectivity index (χ4n) is 4.06. The van der Waals surface area contributed by atoms with Crippen LogP contribution in [0.25, 0.3) is 0 Å². The first-order valence-electron chi connectivity index (χ1n) is 7.15. The lowest BCUT2D eigenvalue weighted by Gasteiger charge is -2.31. The van der Waals surface area contributed by atoms with Crippen LogP contribution in [-0.4, -0.2) is 23.7 Å². The van der Waals surface area contributed by atoms with E-state index in [9.17, 15) is 9.90 Å². The van der Waals surface area contributed by atoms with Crippen molar-refractivity contribution >= 4 is 5.91 Å². The summed E-state index contributed by atoms with van der Waals surface area (Å²) in [6.45, 7) is 0.775. The maximum atomic E-state index is 11.8. The fraction of sp³-hybridized carbons (Fsp3) is 0.929. The summed E-state index contributed by atoms with van der Waals surface area (Å²) in [4.78, 5) is 11.8. The van der Waals surface area contributed by atoms with Gasteiger partial charge in [-0.2, -0.15) is 0 Å². The highest BCUT2D eigenvalue weighted by Gasteiger charge is 2.40. The number of aliphatic hydroxyl groups is 1. The Morgan fingerprint density at radius 2 is 2.00 bits per heavy atom. The highest BCUT2D eigenvalue weighted by Crippen LogP contribution is 2.49. The molecule has 2 N–H and O–H groups in total. The van der Waals surface area contributed by atoms with E-state index in [-0.39, 0.29) is 12.0 Å². The smallest absolute Gasteiger partial charge is 0.220 e. The van der Waals surface area contributed by atoms with Gasteiger partial charge >= 0.3 is 0 Å². The van der Waals surface area contributed by atoms with Gasteiger partial charge in [0.2, 0.25) is 5.91 Å². The minimum Gasteiger partial charge on any atom is -0.393 e. The quantitative estimate of drug-likeness (QED) is 0.782. The van der Waals surface area contributed by atoms with Gasteiger partial charge in [0.25, 0.3) is 0 Å². The zero-order valence-corrected chi connectivity index (χ0v) is 10.4. The molecule has 0 heterocycles. The van der Waals surface area contributed by atoms with Crippen LogP contribution >= 0.6 is 0 Å².